The molecule has 37 heavy (non-hydrogen) atoms. The third kappa shape index (κ3) is 6.44. The summed E-state index contributed by atoms with van der Waals surface area (Å²) in [5.41, 5.74) is 17.9. The Balaban J connectivity index is 2.18. The van der Waals surface area contributed by atoms with Gasteiger partial charge in [0.2, 0.25) is 0 Å². The van der Waals surface area contributed by atoms with Crippen LogP contribution in [0.2, 0.25) is 0 Å². The SMILES string of the molecule is CC/C(=N\c1c(C(C)C)cc(Cc2cc(C(C)C)c(N)c(C(C)C)c2)cc1C(C)C)c1ccccc1O. The van der Waals surface area contributed by atoms with Crippen LogP contribution in [0.25, 0.3) is 0 Å². The second kappa shape index (κ2) is 12.0. The number of nitrogens with zero attached hydrogens (tertiary/aromatic N) is 1. The summed E-state index contributed by atoms with van der Waals surface area (Å²) in [5, 5.41) is 10.5. The summed E-state index contributed by atoms with van der Waals surface area (Å²) >= 11 is 0. The molecule has 3 nitrogen and oxygen atoms in total. The average Bonchev–Trinajstić information content (AvgIpc) is 2.83. The van der Waals surface area contributed by atoms with E-state index in [9.17, 15) is 5.11 Å². The molecule has 0 unspecified atom stereocenters. The van der Waals surface area contributed by atoms with Crippen molar-refractivity contribution in [2.45, 2.75) is 98.8 Å². The second-order valence-electron chi connectivity index (χ2n) is 11.5. The van der Waals surface area contributed by atoms with Crippen molar-refractivity contribution in [2.75, 3.05) is 5.73 Å². The van der Waals surface area contributed by atoms with Crippen molar-refractivity contribution >= 4 is 17.1 Å². The Kier molecular flexibility index (Phi) is 9.23. The van der Waals surface area contributed by atoms with E-state index in [1.165, 1.54) is 33.4 Å². The Bertz CT molecular complexity index is 1210. The number of nitrogens with two attached hydrogens (primary N) is 1. The summed E-state index contributed by atoms with van der Waals surface area (Å²) in [7, 11) is 0. The van der Waals surface area contributed by atoms with Crippen molar-refractivity contribution < 1.29 is 5.11 Å². The fraction of sp³-hybridized carbons (Fsp3) is 0.441. The summed E-state index contributed by atoms with van der Waals surface area (Å²) < 4.78 is 0. The molecular weight excluding hydrogens is 452 g/mol. The van der Waals surface area contributed by atoms with Crippen molar-refractivity contribution in [3.8, 4) is 5.75 Å². The van der Waals surface area contributed by atoms with Crippen LogP contribution in [0, 0.1) is 0 Å². The first kappa shape index (κ1) is 28.5. The first-order valence-electron chi connectivity index (χ1n) is 13.9. The van der Waals surface area contributed by atoms with Crippen molar-refractivity contribution in [3.05, 3.63) is 87.5 Å². The van der Waals surface area contributed by atoms with E-state index in [2.05, 4.69) is 86.6 Å². The molecule has 0 spiro atoms. The topological polar surface area (TPSA) is 58.6 Å². The molecule has 0 aliphatic heterocycles. The van der Waals surface area contributed by atoms with Gasteiger partial charge < -0.3 is 10.8 Å². The van der Waals surface area contributed by atoms with E-state index in [0.29, 0.717) is 23.7 Å². The fourth-order valence-corrected chi connectivity index (χ4v) is 5.09. The van der Waals surface area contributed by atoms with Gasteiger partial charge in [-0.25, -0.2) is 0 Å². The zero-order valence-corrected chi connectivity index (χ0v) is 24.3. The van der Waals surface area contributed by atoms with Gasteiger partial charge in [0, 0.05) is 11.3 Å². The molecule has 0 saturated carbocycles. The maximum atomic E-state index is 10.5. The molecule has 0 heterocycles. The molecule has 3 aromatic carbocycles. The Hall–Kier alpha value is -3.07. The van der Waals surface area contributed by atoms with E-state index in [1.807, 2.05) is 18.2 Å². The molecule has 3 heteroatoms. The number of phenolic OH excluding ortho intramolecular Hbond substituents is 1. The molecule has 0 bridgehead atoms. The predicted molar refractivity (Wildman–Crippen MR) is 161 cm³/mol. The van der Waals surface area contributed by atoms with Crippen LogP contribution >= 0.6 is 0 Å². The molecule has 0 saturated heterocycles. The smallest absolute Gasteiger partial charge is 0.124 e. The number of rotatable bonds is 9. The number of anilines is 1. The normalized spacial score (nSPS) is 12.4. The van der Waals surface area contributed by atoms with Gasteiger partial charge in [-0.15, -0.1) is 0 Å². The van der Waals surface area contributed by atoms with E-state index >= 15 is 0 Å². The lowest BCUT2D eigenvalue weighted by atomic mass is 9.86. The highest BCUT2D eigenvalue weighted by Crippen LogP contribution is 2.39. The van der Waals surface area contributed by atoms with Gasteiger partial charge in [-0.3, -0.25) is 4.99 Å². The molecule has 0 fully saturated rings. The summed E-state index contributed by atoms with van der Waals surface area (Å²) in [6, 6.07) is 16.8. The van der Waals surface area contributed by atoms with E-state index < -0.39 is 0 Å². The van der Waals surface area contributed by atoms with Crippen LogP contribution < -0.4 is 5.73 Å². The number of aliphatic imine (C=N–C) groups is 1. The van der Waals surface area contributed by atoms with Gasteiger partial charge >= 0.3 is 0 Å². The molecule has 0 radical (unpaired) electrons. The number of aromatic hydroxyl groups is 1. The number of hydrogen-bond acceptors (Lipinski definition) is 3. The van der Waals surface area contributed by atoms with E-state index in [-0.39, 0.29) is 5.75 Å². The molecule has 198 valence electrons. The van der Waals surface area contributed by atoms with Crippen LogP contribution in [0.1, 0.15) is 131 Å². The van der Waals surface area contributed by atoms with Crippen LogP contribution in [0.3, 0.4) is 0 Å². The number of phenols is 1. The van der Waals surface area contributed by atoms with Crippen molar-refractivity contribution in [2.24, 2.45) is 4.99 Å². The number of nitrogen functional groups attached to an aromatic ring is 1. The van der Waals surface area contributed by atoms with Crippen LogP contribution in [-0.2, 0) is 6.42 Å². The van der Waals surface area contributed by atoms with Crippen LogP contribution in [0.5, 0.6) is 5.75 Å². The van der Waals surface area contributed by atoms with Crippen molar-refractivity contribution in [1.82, 2.24) is 0 Å². The second-order valence-corrected chi connectivity index (χ2v) is 11.5. The third-order valence-corrected chi connectivity index (χ3v) is 7.23. The average molecular weight is 499 g/mol. The molecule has 0 amide bonds. The Labute approximate surface area is 224 Å². The minimum absolute atomic E-state index is 0.280. The molecule has 0 aromatic heterocycles. The lowest BCUT2D eigenvalue weighted by molar-refractivity contribution is 0.474. The summed E-state index contributed by atoms with van der Waals surface area (Å²) in [6.07, 6.45) is 1.61. The maximum Gasteiger partial charge on any atom is 0.124 e. The molecule has 3 N–H and O–H groups in total. The fourth-order valence-electron chi connectivity index (χ4n) is 5.09. The lowest BCUT2D eigenvalue weighted by Gasteiger charge is -2.22. The highest BCUT2D eigenvalue weighted by molar-refractivity contribution is 6.04. The molecule has 3 rings (SSSR count). The van der Waals surface area contributed by atoms with Crippen molar-refractivity contribution in [1.29, 1.82) is 0 Å². The first-order valence-corrected chi connectivity index (χ1v) is 13.9. The van der Waals surface area contributed by atoms with Gasteiger partial charge in [-0.1, -0.05) is 98.7 Å². The minimum atomic E-state index is 0.280. The summed E-state index contributed by atoms with van der Waals surface area (Å²) in [5.74, 6) is 1.69. The summed E-state index contributed by atoms with van der Waals surface area (Å²) in [6.45, 7) is 19.9. The zero-order valence-electron chi connectivity index (χ0n) is 24.3. The maximum absolute atomic E-state index is 10.5. The van der Waals surface area contributed by atoms with Gasteiger partial charge in [-0.2, -0.15) is 0 Å². The van der Waals surface area contributed by atoms with Gasteiger partial charge in [0.15, 0.2) is 0 Å². The third-order valence-electron chi connectivity index (χ3n) is 7.23. The highest BCUT2D eigenvalue weighted by Gasteiger charge is 2.19. The van der Waals surface area contributed by atoms with Gasteiger partial charge in [0.05, 0.1) is 11.4 Å². The van der Waals surface area contributed by atoms with Crippen LogP contribution in [-0.4, -0.2) is 10.8 Å². The number of para-hydroxylation sites is 1. The van der Waals surface area contributed by atoms with Crippen molar-refractivity contribution in [3.63, 3.8) is 0 Å². The van der Waals surface area contributed by atoms with E-state index in [0.717, 1.165) is 35.5 Å². The van der Waals surface area contributed by atoms with E-state index in [1.54, 1.807) is 6.07 Å². The Morgan fingerprint density at radius 2 is 1.16 bits per heavy atom. The van der Waals surface area contributed by atoms with Crippen LogP contribution in [0.15, 0.2) is 53.5 Å². The van der Waals surface area contributed by atoms with E-state index in [4.69, 9.17) is 10.7 Å². The lowest BCUT2D eigenvalue weighted by Crippen LogP contribution is -2.06. The quantitative estimate of drug-likeness (QED) is 0.228. The standard InChI is InChI=1S/C34H46N2O/c1-10-31(26-13-11-12-14-32(26)37)36-34-29(22(6)7)18-25(19-30(34)23(8)9)15-24-16-27(20(2)3)33(35)28(17-24)21(4)5/h11-14,16-23,37H,10,15,35H2,1-9H3/b36-31+. The monoisotopic (exact) mass is 498 g/mol. The van der Waals surface area contributed by atoms with Gasteiger partial charge in [0.1, 0.15) is 5.75 Å². The molecule has 0 aliphatic rings. The van der Waals surface area contributed by atoms with Gasteiger partial charge in [-0.05, 0) is 82.0 Å². The van der Waals surface area contributed by atoms with Crippen LogP contribution in [0.4, 0.5) is 11.4 Å². The Morgan fingerprint density at radius 1 is 0.730 bits per heavy atom. The summed E-state index contributed by atoms with van der Waals surface area (Å²) in [4.78, 5) is 5.23. The number of benzene rings is 3. The van der Waals surface area contributed by atoms with Gasteiger partial charge in [0.25, 0.3) is 0 Å². The zero-order chi connectivity index (χ0) is 27.4. The Morgan fingerprint density at radius 3 is 1.57 bits per heavy atom. The predicted octanol–water partition coefficient (Wildman–Crippen LogP) is 9.59. The largest absolute Gasteiger partial charge is 0.507 e. The molecule has 3 aromatic rings. The molecular formula is C34H46N2O. The highest BCUT2D eigenvalue weighted by atomic mass is 16.3. The molecule has 0 aliphatic carbocycles. The minimum Gasteiger partial charge on any atom is -0.507 e. The first-order chi connectivity index (χ1) is 17.4. The molecule has 0 atom stereocenters. The number of hydrogen-bond donors (Lipinski definition) is 2.